The van der Waals surface area contributed by atoms with E-state index >= 15 is 0 Å². The number of nitrogens with zero attached hydrogens (tertiary/aromatic N) is 2. The number of unbranched alkanes of at least 4 members (excludes halogenated alkanes) is 3. The molecule has 0 aromatic carbocycles. The summed E-state index contributed by atoms with van der Waals surface area (Å²) in [7, 11) is 9.15. The highest BCUT2D eigenvalue weighted by Crippen LogP contribution is 2.40. The van der Waals surface area contributed by atoms with E-state index in [2.05, 4.69) is 58.8 Å². The van der Waals surface area contributed by atoms with Crippen LogP contribution < -0.4 is 0 Å². The van der Waals surface area contributed by atoms with Gasteiger partial charge in [-0.05, 0) is 77.7 Å². The van der Waals surface area contributed by atoms with E-state index in [4.69, 9.17) is 4.43 Å². The zero-order valence-electron chi connectivity index (χ0n) is 18.1. The first kappa shape index (κ1) is 24.1. The summed E-state index contributed by atoms with van der Waals surface area (Å²) in [6.07, 6.45) is 7.98. The fourth-order valence-electron chi connectivity index (χ4n) is 3.65. The average Bonchev–Trinajstić information content (AvgIpc) is 2.54. The third kappa shape index (κ3) is 10.2. The Morgan fingerprint density at radius 2 is 1.42 bits per heavy atom. The van der Waals surface area contributed by atoms with Crippen LogP contribution in [0.2, 0.25) is 18.1 Å². The van der Waals surface area contributed by atoms with Crippen molar-refractivity contribution in [3.05, 3.63) is 0 Å². The smallest absolute Gasteiger partial charge is 0.192 e. The van der Waals surface area contributed by atoms with Crippen LogP contribution in [0.1, 0.15) is 59.3 Å². The Bertz CT molecular complexity index is 292. The molecule has 0 aromatic heterocycles. The van der Waals surface area contributed by atoms with Gasteiger partial charge in [-0.15, -0.1) is 0 Å². The van der Waals surface area contributed by atoms with Gasteiger partial charge in [-0.2, -0.15) is 0 Å². The molecule has 0 saturated heterocycles. The molecule has 0 fully saturated rings. The maximum atomic E-state index is 6.29. The van der Waals surface area contributed by atoms with Crippen LogP contribution in [-0.4, -0.2) is 66.5 Å². The monoisotopic (exact) mass is 358 g/mol. The summed E-state index contributed by atoms with van der Waals surface area (Å²) in [6, 6.07) is 3.93. The molecule has 4 heteroatoms. The van der Waals surface area contributed by atoms with E-state index in [1.54, 1.807) is 0 Å². The first-order chi connectivity index (χ1) is 11.2. The minimum atomic E-state index is -1.61. The molecule has 0 aliphatic carbocycles. The van der Waals surface area contributed by atoms with Gasteiger partial charge in [0.15, 0.2) is 8.32 Å². The molecule has 0 aromatic rings. The van der Waals surface area contributed by atoms with Gasteiger partial charge < -0.3 is 14.2 Å². The Kier molecular flexibility index (Phi) is 12.5. The van der Waals surface area contributed by atoms with Crippen molar-refractivity contribution in [1.29, 1.82) is 0 Å². The lowest BCUT2D eigenvalue weighted by Gasteiger charge is -2.40. The summed E-state index contributed by atoms with van der Waals surface area (Å²) in [5.41, 5.74) is 0.400. The van der Waals surface area contributed by atoms with Crippen LogP contribution >= 0.6 is 0 Å². The molecular weight excluding hydrogens is 312 g/mol. The van der Waals surface area contributed by atoms with Crippen molar-refractivity contribution in [3.63, 3.8) is 0 Å². The van der Waals surface area contributed by atoms with Crippen LogP contribution in [0.3, 0.4) is 0 Å². The molecule has 1 unspecified atom stereocenters. The van der Waals surface area contributed by atoms with E-state index in [0.29, 0.717) is 5.41 Å². The predicted octanol–water partition coefficient (Wildman–Crippen LogP) is 5.09. The van der Waals surface area contributed by atoms with Gasteiger partial charge in [0.25, 0.3) is 0 Å². The summed E-state index contributed by atoms with van der Waals surface area (Å²) >= 11 is 0. The van der Waals surface area contributed by atoms with Crippen LogP contribution in [0.4, 0.5) is 0 Å². The lowest BCUT2D eigenvalue weighted by molar-refractivity contribution is 0.216. The van der Waals surface area contributed by atoms with Crippen molar-refractivity contribution >= 4 is 8.32 Å². The summed E-state index contributed by atoms with van der Waals surface area (Å²) in [6.45, 7) is 9.53. The van der Waals surface area contributed by atoms with Crippen LogP contribution in [0, 0.1) is 5.41 Å². The molecule has 0 heterocycles. The van der Waals surface area contributed by atoms with Gasteiger partial charge in [-0.3, -0.25) is 0 Å². The predicted molar refractivity (Wildman–Crippen MR) is 111 cm³/mol. The molecule has 0 bridgehead atoms. The van der Waals surface area contributed by atoms with Gasteiger partial charge >= 0.3 is 0 Å². The molecule has 0 N–H and O–H groups in total. The summed E-state index contributed by atoms with van der Waals surface area (Å²) in [4.78, 5) is 4.66. The van der Waals surface area contributed by atoms with Crippen LogP contribution in [-0.2, 0) is 4.43 Å². The molecule has 0 aliphatic heterocycles. The second kappa shape index (κ2) is 12.5. The van der Waals surface area contributed by atoms with E-state index in [9.17, 15) is 0 Å². The average molecular weight is 359 g/mol. The van der Waals surface area contributed by atoms with Crippen molar-refractivity contribution in [2.75, 3.05) is 48.4 Å². The standard InChI is InChI=1S/C20H46N2OSi/c1-9-11-12-13-18-24(10-2,23-8)19-20(3,14-16-21(4)5)15-17-22(6)7/h9-19H2,1-8H3. The maximum absolute atomic E-state index is 6.29. The highest BCUT2D eigenvalue weighted by atomic mass is 28.4. The van der Waals surface area contributed by atoms with Gasteiger partial charge in [0.1, 0.15) is 0 Å². The molecule has 0 spiro atoms. The quantitative estimate of drug-likeness (QED) is 0.299. The van der Waals surface area contributed by atoms with Gasteiger partial charge in [-0.1, -0.05) is 46.5 Å². The lowest BCUT2D eigenvalue weighted by Crippen LogP contribution is -2.43. The maximum Gasteiger partial charge on any atom is 0.192 e. The molecule has 0 amide bonds. The van der Waals surface area contributed by atoms with Crippen molar-refractivity contribution in [2.45, 2.75) is 77.4 Å². The first-order valence-corrected chi connectivity index (χ1v) is 12.6. The fourth-order valence-corrected chi connectivity index (χ4v) is 7.87. The molecule has 1 atom stereocenters. The van der Waals surface area contributed by atoms with Crippen molar-refractivity contribution in [1.82, 2.24) is 9.80 Å². The highest BCUT2D eigenvalue weighted by Gasteiger charge is 2.39. The Morgan fingerprint density at radius 3 is 1.79 bits per heavy atom. The zero-order chi connectivity index (χ0) is 18.6. The Morgan fingerprint density at radius 1 is 0.875 bits per heavy atom. The van der Waals surface area contributed by atoms with E-state index in [1.807, 2.05) is 7.11 Å². The molecule has 0 saturated carbocycles. The molecular formula is C20H46N2OSi. The Balaban J connectivity index is 4.97. The Labute approximate surface area is 154 Å². The highest BCUT2D eigenvalue weighted by molar-refractivity contribution is 6.73. The normalized spacial score (nSPS) is 15.2. The van der Waals surface area contributed by atoms with E-state index in [1.165, 1.54) is 69.7 Å². The minimum Gasteiger partial charge on any atom is -0.420 e. The molecule has 0 aliphatic rings. The minimum absolute atomic E-state index is 0.400. The first-order valence-electron chi connectivity index (χ1n) is 10.1. The second-order valence-electron chi connectivity index (χ2n) is 8.65. The van der Waals surface area contributed by atoms with E-state index < -0.39 is 8.32 Å². The van der Waals surface area contributed by atoms with Crippen molar-refractivity contribution in [2.24, 2.45) is 5.41 Å². The van der Waals surface area contributed by atoms with Crippen LogP contribution in [0.15, 0.2) is 0 Å². The van der Waals surface area contributed by atoms with Crippen LogP contribution in [0.5, 0.6) is 0 Å². The van der Waals surface area contributed by atoms with Gasteiger partial charge in [0.2, 0.25) is 0 Å². The van der Waals surface area contributed by atoms with Gasteiger partial charge in [0, 0.05) is 7.11 Å². The van der Waals surface area contributed by atoms with Crippen molar-refractivity contribution < 1.29 is 4.43 Å². The van der Waals surface area contributed by atoms with E-state index in [0.717, 1.165) is 0 Å². The number of hydrogen-bond donors (Lipinski definition) is 0. The second-order valence-corrected chi connectivity index (χ2v) is 13.0. The van der Waals surface area contributed by atoms with E-state index in [-0.39, 0.29) is 0 Å². The summed E-state index contributed by atoms with van der Waals surface area (Å²) in [5.74, 6) is 0. The molecule has 0 radical (unpaired) electrons. The fraction of sp³-hybridized carbons (Fsp3) is 1.00. The third-order valence-electron chi connectivity index (χ3n) is 5.64. The van der Waals surface area contributed by atoms with Gasteiger partial charge in [0.05, 0.1) is 0 Å². The van der Waals surface area contributed by atoms with Crippen LogP contribution in [0.25, 0.3) is 0 Å². The molecule has 24 heavy (non-hydrogen) atoms. The largest absolute Gasteiger partial charge is 0.420 e. The lowest BCUT2D eigenvalue weighted by atomic mass is 9.85. The Hall–Kier alpha value is 0.0969. The topological polar surface area (TPSA) is 15.7 Å². The zero-order valence-corrected chi connectivity index (χ0v) is 19.1. The summed E-state index contributed by atoms with van der Waals surface area (Å²) in [5, 5.41) is 0. The summed E-state index contributed by atoms with van der Waals surface area (Å²) < 4.78 is 6.29. The third-order valence-corrected chi connectivity index (χ3v) is 10.6. The molecule has 0 rings (SSSR count). The molecule has 3 nitrogen and oxygen atoms in total. The van der Waals surface area contributed by atoms with Crippen molar-refractivity contribution in [3.8, 4) is 0 Å². The van der Waals surface area contributed by atoms with Gasteiger partial charge in [-0.25, -0.2) is 0 Å². The number of hydrogen-bond acceptors (Lipinski definition) is 3. The number of rotatable bonds is 15. The SMILES string of the molecule is CCCCCC[Si](CC)(CC(C)(CCN(C)C)CCN(C)C)OC. The molecule has 146 valence electrons.